The highest BCUT2D eigenvalue weighted by molar-refractivity contribution is 9.10. The van der Waals surface area contributed by atoms with Crippen LogP contribution in [0, 0.1) is 0 Å². The van der Waals surface area contributed by atoms with Gasteiger partial charge >= 0.3 is 0 Å². The van der Waals surface area contributed by atoms with Gasteiger partial charge < -0.3 is 19.5 Å². The Kier molecular flexibility index (Phi) is 9.19. The number of nitrogens with one attached hydrogen (secondary N) is 2. The molecule has 2 N–H and O–H groups in total. The first-order valence-electron chi connectivity index (χ1n) is 8.80. The molecule has 0 bridgehead atoms. The summed E-state index contributed by atoms with van der Waals surface area (Å²) in [5.41, 5.74) is 1.10. The van der Waals surface area contributed by atoms with Crippen molar-refractivity contribution in [3.8, 4) is 11.5 Å². The molecule has 28 heavy (non-hydrogen) atoms. The van der Waals surface area contributed by atoms with Crippen LogP contribution in [0.25, 0.3) is 0 Å². The van der Waals surface area contributed by atoms with Gasteiger partial charge in [-0.1, -0.05) is 28.9 Å². The Morgan fingerprint density at radius 2 is 1.93 bits per heavy atom. The lowest BCUT2D eigenvalue weighted by molar-refractivity contribution is 0.0969. The molecular weight excluding hydrogens is 444 g/mol. The number of thiocarbonyl (C=S) groups is 1. The number of carbonyl (C=O) groups is 1. The number of ether oxygens (including phenoxy) is 3. The highest BCUT2D eigenvalue weighted by Gasteiger charge is 2.15. The predicted octanol–water partition coefficient (Wildman–Crippen LogP) is 4.39. The van der Waals surface area contributed by atoms with Crippen LogP contribution in [0.1, 0.15) is 23.7 Å². The summed E-state index contributed by atoms with van der Waals surface area (Å²) in [6.45, 7) is 3.44. The molecular formula is C20H23BrN2O4S. The Labute approximate surface area is 178 Å². The van der Waals surface area contributed by atoms with Gasteiger partial charge in [0.05, 0.1) is 18.8 Å². The SMILES string of the molecule is CCCOc1cccc(NC(=S)NC(=O)c2cc(Br)ccc2OCCOC)c1. The fourth-order valence-corrected chi connectivity index (χ4v) is 2.83. The van der Waals surface area contributed by atoms with Crippen LogP contribution >= 0.6 is 28.1 Å². The number of amides is 1. The molecule has 8 heteroatoms. The Morgan fingerprint density at radius 3 is 2.68 bits per heavy atom. The van der Waals surface area contributed by atoms with E-state index in [9.17, 15) is 4.79 Å². The topological polar surface area (TPSA) is 68.8 Å². The number of hydrogen-bond donors (Lipinski definition) is 2. The van der Waals surface area contributed by atoms with Crippen molar-refractivity contribution in [3.63, 3.8) is 0 Å². The van der Waals surface area contributed by atoms with Gasteiger partial charge in [0.1, 0.15) is 18.1 Å². The molecule has 0 aliphatic rings. The maximum absolute atomic E-state index is 12.7. The summed E-state index contributed by atoms with van der Waals surface area (Å²) in [6.07, 6.45) is 0.924. The number of carbonyl (C=O) groups excluding carboxylic acids is 1. The molecule has 150 valence electrons. The second-order valence-electron chi connectivity index (χ2n) is 5.77. The summed E-state index contributed by atoms with van der Waals surface area (Å²) in [5, 5.41) is 5.85. The minimum Gasteiger partial charge on any atom is -0.494 e. The summed E-state index contributed by atoms with van der Waals surface area (Å²) in [6, 6.07) is 12.6. The average Bonchev–Trinajstić information content (AvgIpc) is 2.67. The normalized spacial score (nSPS) is 10.2. The van der Waals surface area contributed by atoms with Crippen LogP contribution in [-0.2, 0) is 4.74 Å². The number of anilines is 1. The molecule has 0 fully saturated rings. The zero-order valence-corrected chi connectivity index (χ0v) is 18.2. The van der Waals surface area contributed by atoms with Crippen molar-refractivity contribution in [3.05, 3.63) is 52.5 Å². The molecule has 0 spiro atoms. The number of halogens is 1. The van der Waals surface area contributed by atoms with E-state index in [-0.39, 0.29) is 11.0 Å². The van der Waals surface area contributed by atoms with Gasteiger partial charge in [0.25, 0.3) is 5.91 Å². The first-order chi connectivity index (χ1) is 13.5. The summed E-state index contributed by atoms with van der Waals surface area (Å²) in [4.78, 5) is 12.7. The van der Waals surface area contributed by atoms with Gasteiger partial charge in [0.2, 0.25) is 0 Å². The molecule has 2 rings (SSSR count). The molecule has 0 radical (unpaired) electrons. The Hall–Kier alpha value is -2.16. The molecule has 0 aromatic heterocycles. The minimum absolute atomic E-state index is 0.181. The Morgan fingerprint density at radius 1 is 1.11 bits per heavy atom. The fraction of sp³-hybridized carbons (Fsp3) is 0.300. The van der Waals surface area contributed by atoms with E-state index >= 15 is 0 Å². The monoisotopic (exact) mass is 466 g/mol. The van der Waals surface area contributed by atoms with Gasteiger partial charge in [-0.2, -0.15) is 0 Å². The molecule has 0 unspecified atom stereocenters. The van der Waals surface area contributed by atoms with E-state index in [1.807, 2.05) is 31.2 Å². The first-order valence-corrected chi connectivity index (χ1v) is 10.00. The molecule has 0 saturated carbocycles. The molecule has 0 heterocycles. The van der Waals surface area contributed by atoms with Gasteiger partial charge in [-0.25, -0.2) is 0 Å². The van der Waals surface area contributed by atoms with Crippen molar-refractivity contribution in [1.82, 2.24) is 5.32 Å². The lowest BCUT2D eigenvalue weighted by Crippen LogP contribution is -2.34. The van der Waals surface area contributed by atoms with Crippen molar-refractivity contribution >= 4 is 44.9 Å². The van der Waals surface area contributed by atoms with Crippen LogP contribution in [0.5, 0.6) is 11.5 Å². The zero-order valence-electron chi connectivity index (χ0n) is 15.8. The smallest absolute Gasteiger partial charge is 0.261 e. The van der Waals surface area contributed by atoms with Crippen LogP contribution < -0.4 is 20.1 Å². The summed E-state index contributed by atoms with van der Waals surface area (Å²) < 4.78 is 17.0. The van der Waals surface area contributed by atoms with E-state index in [0.717, 1.165) is 22.3 Å². The van der Waals surface area contributed by atoms with Crippen molar-refractivity contribution in [1.29, 1.82) is 0 Å². The molecule has 0 saturated heterocycles. The van der Waals surface area contributed by atoms with Crippen LogP contribution in [0.4, 0.5) is 5.69 Å². The highest BCUT2D eigenvalue weighted by Crippen LogP contribution is 2.23. The average molecular weight is 467 g/mol. The molecule has 6 nitrogen and oxygen atoms in total. The second-order valence-corrected chi connectivity index (χ2v) is 7.09. The second kappa shape index (κ2) is 11.6. The van der Waals surface area contributed by atoms with Gasteiger partial charge in [-0.3, -0.25) is 10.1 Å². The van der Waals surface area contributed by atoms with E-state index < -0.39 is 0 Å². The van der Waals surface area contributed by atoms with Crippen LogP contribution in [0.2, 0.25) is 0 Å². The third-order valence-corrected chi connectivity index (χ3v) is 4.22. The molecule has 2 aromatic rings. The summed E-state index contributed by atoms with van der Waals surface area (Å²) >= 11 is 8.64. The quantitative estimate of drug-likeness (QED) is 0.421. The lowest BCUT2D eigenvalue weighted by Gasteiger charge is -2.14. The van der Waals surface area contributed by atoms with E-state index in [1.54, 1.807) is 25.3 Å². The third kappa shape index (κ3) is 7.10. The third-order valence-electron chi connectivity index (χ3n) is 3.52. The van der Waals surface area contributed by atoms with Gasteiger partial charge in [-0.15, -0.1) is 0 Å². The van der Waals surface area contributed by atoms with Crippen LogP contribution in [0.15, 0.2) is 46.9 Å². The number of benzene rings is 2. The molecule has 0 aliphatic carbocycles. The lowest BCUT2D eigenvalue weighted by atomic mass is 10.2. The highest BCUT2D eigenvalue weighted by atomic mass is 79.9. The van der Waals surface area contributed by atoms with Crippen LogP contribution in [0.3, 0.4) is 0 Å². The fourth-order valence-electron chi connectivity index (χ4n) is 2.26. The van der Waals surface area contributed by atoms with Crippen LogP contribution in [-0.4, -0.2) is 38.0 Å². The largest absolute Gasteiger partial charge is 0.494 e. The van der Waals surface area contributed by atoms with Gasteiger partial charge in [-0.05, 0) is 49.0 Å². The first kappa shape index (κ1) is 22.1. The maximum Gasteiger partial charge on any atom is 0.261 e. The number of hydrogen-bond acceptors (Lipinski definition) is 5. The van der Waals surface area contributed by atoms with Crippen molar-refractivity contribution in [2.24, 2.45) is 0 Å². The standard InChI is InChI=1S/C20H23BrN2O4S/c1-3-9-26-16-6-4-5-15(13-16)22-20(28)23-19(24)17-12-14(21)7-8-18(17)27-11-10-25-2/h4-8,12-13H,3,9-11H2,1-2H3,(H2,22,23,24,28). The summed E-state index contributed by atoms with van der Waals surface area (Å²) in [5.74, 6) is 0.821. The maximum atomic E-state index is 12.7. The molecule has 0 aliphatic heterocycles. The molecule has 0 atom stereocenters. The minimum atomic E-state index is -0.371. The summed E-state index contributed by atoms with van der Waals surface area (Å²) in [7, 11) is 1.59. The van der Waals surface area contributed by atoms with E-state index in [1.165, 1.54) is 0 Å². The Bertz CT molecular complexity index is 817. The predicted molar refractivity (Wildman–Crippen MR) is 117 cm³/mol. The van der Waals surface area contributed by atoms with E-state index in [2.05, 4.69) is 26.6 Å². The van der Waals surface area contributed by atoms with Gasteiger partial charge in [0.15, 0.2) is 5.11 Å². The molecule has 2 aromatic carbocycles. The van der Waals surface area contributed by atoms with Crippen molar-refractivity contribution < 1.29 is 19.0 Å². The van der Waals surface area contributed by atoms with E-state index in [4.69, 9.17) is 26.4 Å². The molecule has 1 amide bonds. The van der Waals surface area contributed by atoms with Gasteiger partial charge in [0, 0.05) is 23.3 Å². The van der Waals surface area contributed by atoms with E-state index in [0.29, 0.717) is 31.1 Å². The van der Waals surface area contributed by atoms with Crippen molar-refractivity contribution in [2.45, 2.75) is 13.3 Å². The number of methoxy groups -OCH3 is 1. The van der Waals surface area contributed by atoms with Crippen molar-refractivity contribution in [2.75, 3.05) is 32.2 Å². The zero-order chi connectivity index (χ0) is 20.4. The Balaban J connectivity index is 2.02. The number of rotatable bonds is 9.